The van der Waals surface area contributed by atoms with Crippen LogP contribution < -0.4 is 10.1 Å². The van der Waals surface area contributed by atoms with Crippen molar-refractivity contribution in [1.29, 1.82) is 0 Å². The fraction of sp³-hybridized carbons (Fsp3) is 0.385. The highest BCUT2D eigenvalue weighted by atomic mass is 16.5. The van der Waals surface area contributed by atoms with E-state index in [0.29, 0.717) is 13.2 Å². The Morgan fingerprint density at radius 3 is 2.60 bits per heavy atom. The number of rotatable bonds is 5. The molecule has 0 aromatic heterocycles. The second kappa shape index (κ2) is 6.10. The summed E-state index contributed by atoms with van der Waals surface area (Å²) in [6.45, 7) is 5.36. The molecule has 1 atom stereocenters. The zero-order valence-corrected chi connectivity index (χ0v) is 9.29. The van der Waals surface area contributed by atoms with Gasteiger partial charge in [0.15, 0.2) is 0 Å². The number of hydrogen-bond acceptors (Lipinski definition) is 2. The van der Waals surface area contributed by atoms with Crippen molar-refractivity contribution in [3.8, 4) is 18.1 Å². The van der Waals surface area contributed by atoms with Crippen LogP contribution in [0.2, 0.25) is 0 Å². The van der Waals surface area contributed by atoms with Gasteiger partial charge < -0.3 is 4.74 Å². The van der Waals surface area contributed by atoms with Gasteiger partial charge in [0.25, 0.3) is 0 Å². The summed E-state index contributed by atoms with van der Waals surface area (Å²) >= 11 is 0. The quantitative estimate of drug-likeness (QED) is 0.742. The molecule has 1 unspecified atom stereocenters. The molecule has 1 N–H and O–H groups in total. The Balaban J connectivity index is 2.59. The first kappa shape index (κ1) is 11.6. The molecule has 0 saturated carbocycles. The van der Waals surface area contributed by atoms with Crippen LogP contribution in [0.5, 0.6) is 5.75 Å². The van der Waals surface area contributed by atoms with Crippen LogP contribution in [0.15, 0.2) is 24.3 Å². The van der Waals surface area contributed by atoms with Crippen LogP contribution in [0.3, 0.4) is 0 Å². The van der Waals surface area contributed by atoms with E-state index in [2.05, 4.69) is 30.3 Å². The fourth-order valence-corrected chi connectivity index (χ4v) is 1.35. The van der Waals surface area contributed by atoms with E-state index in [0.717, 1.165) is 5.75 Å². The standard InChI is InChI=1S/C13H17NO/c1-4-10-14-11(3)12-6-8-13(9-7-12)15-5-2/h1,6-9,11,14H,5,10H2,2-3H3. The highest BCUT2D eigenvalue weighted by Crippen LogP contribution is 2.17. The molecule has 15 heavy (non-hydrogen) atoms. The average molecular weight is 203 g/mol. The molecule has 0 aliphatic carbocycles. The van der Waals surface area contributed by atoms with Crippen LogP contribution in [0.25, 0.3) is 0 Å². The van der Waals surface area contributed by atoms with Crippen molar-refractivity contribution in [2.45, 2.75) is 19.9 Å². The molecule has 1 aromatic rings. The van der Waals surface area contributed by atoms with E-state index < -0.39 is 0 Å². The molecule has 2 nitrogen and oxygen atoms in total. The second-order valence-corrected chi connectivity index (χ2v) is 3.31. The zero-order valence-electron chi connectivity index (χ0n) is 9.29. The van der Waals surface area contributed by atoms with E-state index in [1.807, 2.05) is 19.1 Å². The molecule has 2 heteroatoms. The number of nitrogens with one attached hydrogen (secondary N) is 1. The largest absolute Gasteiger partial charge is 0.494 e. The SMILES string of the molecule is C#CCNC(C)c1ccc(OCC)cc1. The van der Waals surface area contributed by atoms with Crippen molar-refractivity contribution >= 4 is 0 Å². The van der Waals surface area contributed by atoms with Gasteiger partial charge in [-0.1, -0.05) is 18.1 Å². The number of ether oxygens (including phenoxy) is 1. The van der Waals surface area contributed by atoms with Gasteiger partial charge in [-0.2, -0.15) is 0 Å². The molecule has 0 radical (unpaired) electrons. The van der Waals surface area contributed by atoms with Crippen LogP contribution >= 0.6 is 0 Å². The summed E-state index contributed by atoms with van der Waals surface area (Å²) in [6.07, 6.45) is 5.19. The van der Waals surface area contributed by atoms with Gasteiger partial charge in [0, 0.05) is 6.04 Å². The lowest BCUT2D eigenvalue weighted by Crippen LogP contribution is -2.18. The van der Waals surface area contributed by atoms with E-state index in [9.17, 15) is 0 Å². The molecule has 80 valence electrons. The first-order valence-corrected chi connectivity index (χ1v) is 5.17. The van der Waals surface area contributed by atoms with Crippen molar-refractivity contribution in [3.63, 3.8) is 0 Å². The monoisotopic (exact) mass is 203 g/mol. The highest BCUT2D eigenvalue weighted by Gasteiger charge is 2.03. The maximum absolute atomic E-state index is 5.37. The Hall–Kier alpha value is -1.46. The summed E-state index contributed by atoms with van der Waals surface area (Å²) in [5, 5.41) is 3.22. The molecule has 0 heterocycles. The third-order valence-electron chi connectivity index (χ3n) is 2.20. The number of terminal acetylenes is 1. The Morgan fingerprint density at radius 2 is 2.07 bits per heavy atom. The summed E-state index contributed by atoms with van der Waals surface area (Å²) in [4.78, 5) is 0. The number of hydrogen-bond donors (Lipinski definition) is 1. The molecule has 0 aliphatic heterocycles. The predicted octanol–water partition coefficient (Wildman–Crippen LogP) is 2.37. The van der Waals surface area contributed by atoms with Crippen LogP contribution in [-0.4, -0.2) is 13.2 Å². The molecule has 1 rings (SSSR count). The lowest BCUT2D eigenvalue weighted by Gasteiger charge is -2.12. The maximum atomic E-state index is 5.37. The zero-order chi connectivity index (χ0) is 11.1. The first-order chi connectivity index (χ1) is 7.27. The maximum Gasteiger partial charge on any atom is 0.119 e. The van der Waals surface area contributed by atoms with Gasteiger partial charge in [-0.15, -0.1) is 6.42 Å². The van der Waals surface area contributed by atoms with Crippen molar-refractivity contribution in [2.24, 2.45) is 0 Å². The minimum absolute atomic E-state index is 0.275. The third-order valence-corrected chi connectivity index (χ3v) is 2.20. The molecular formula is C13H17NO. The van der Waals surface area contributed by atoms with Crippen molar-refractivity contribution in [3.05, 3.63) is 29.8 Å². The Morgan fingerprint density at radius 1 is 1.40 bits per heavy atom. The number of benzene rings is 1. The van der Waals surface area contributed by atoms with Gasteiger partial charge in [-0.25, -0.2) is 0 Å². The van der Waals surface area contributed by atoms with E-state index in [-0.39, 0.29) is 6.04 Å². The molecule has 0 aliphatic rings. The van der Waals surface area contributed by atoms with Gasteiger partial charge in [0.1, 0.15) is 5.75 Å². The van der Waals surface area contributed by atoms with E-state index in [1.165, 1.54) is 5.56 Å². The predicted molar refractivity (Wildman–Crippen MR) is 62.9 cm³/mol. The second-order valence-electron chi connectivity index (χ2n) is 3.31. The van der Waals surface area contributed by atoms with Crippen LogP contribution in [0.1, 0.15) is 25.5 Å². The average Bonchev–Trinajstić information content (AvgIpc) is 2.27. The summed E-state index contributed by atoms with van der Waals surface area (Å²) in [5.74, 6) is 3.47. The molecule has 0 bridgehead atoms. The Bertz CT molecular complexity index is 323. The molecule has 0 fully saturated rings. The summed E-state index contributed by atoms with van der Waals surface area (Å²) < 4.78 is 5.37. The van der Waals surface area contributed by atoms with Gasteiger partial charge in [0.05, 0.1) is 13.2 Å². The minimum Gasteiger partial charge on any atom is -0.494 e. The van der Waals surface area contributed by atoms with Gasteiger partial charge >= 0.3 is 0 Å². The smallest absolute Gasteiger partial charge is 0.119 e. The van der Waals surface area contributed by atoms with Crippen molar-refractivity contribution in [1.82, 2.24) is 5.32 Å². The van der Waals surface area contributed by atoms with Gasteiger partial charge in [-0.3, -0.25) is 5.32 Å². The third kappa shape index (κ3) is 3.65. The fourth-order valence-electron chi connectivity index (χ4n) is 1.35. The molecule has 1 aromatic carbocycles. The van der Waals surface area contributed by atoms with Crippen LogP contribution in [0, 0.1) is 12.3 Å². The van der Waals surface area contributed by atoms with Crippen molar-refractivity contribution < 1.29 is 4.74 Å². The first-order valence-electron chi connectivity index (χ1n) is 5.17. The van der Waals surface area contributed by atoms with E-state index in [4.69, 9.17) is 11.2 Å². The minimum atomic E-state index is 0.275. The summed E-state index contributed by atoms with van der Waals surface area (Å²) in [5.41, 5.74) is 1.22. The molecule has 0 spiro atoms. The van der Waals surface area contributed by atoms with Gasteiger partial charge in [-0.05, 0) is 31.5 Å². The Labute approximate surface area is 91.6 Å². The van der Waals surface area contributed by atoms with Crippen LogP contribution in [0.4, 0.5) is 0 Å². The summed E-state index contributed by atoms with van der Waals surface area (Å²) in [7, 11) is 0. The lowest BCUT2D eigenvalue weighted by molar-refractivity contribution is 0.340. The van der Waals surface area contributed by atoms with E-state index in [1.54, 1.807) is 0 Å². The molecule has 0 saturated heterocycles. The lowest BCUT2D eigenvalue weighted by atomic mass is 10.1. The van der Waals surface area contributed by atoms with Crippen molar-refractivity contribution in [2.75, 3.05) is 13.2 Å². The highest BCUT2D eigenvalue weighted by molar-refractivity contribution is 5.29. The molecule has 0 amide bonds. The normalized spacial score (nSPS) is 11.8. The van der Waals surface area contributed by atoms with Gasteiger partial charge in [0.2, 0.25) is 0 Å². The van der Waals surface area contributed by atoms with E-state index >= 15 is 0 Å². The van der Waals surface area contributed by atoms with Crippen LogP contribution in [-0.2, 0) is 0 Å². The summed E-state index contributed by atoms with van der Waals surface area (Å²) in [6, 6.07) is 8.34. The Kier molecular flexibility index (Phi) is 4.73. The molecular weight excluding hydrogens is 186 g/mol. The topological polar surface area (TPSA) is 21.3 Å².